The Bertz CT molecular complexity index is 285. The van der Waals surface area contributed by atoms with Crippen molar-refractivity contribution in [1.29, 1.82) is 0 Å². The average Bonchev–Trinajstić information content (AvgIpc) is 2.53. The molecule has 0 N–H and O–H groups in total. The number of nitrogens with zero attached hydrogens (tertiary/aromatic N) is 4. The first-order chi connectivity index (χ1) is 10.7. The van der Waals surface area contributed by atoms with E-state index in [0.29, 0.717) is 13.1 Å². The van der Waals surface area contributed by atoms with Crippen LogP contribution >= 0.6 is 0 Å². The summed E-state index contributed by atoms with van der Waals surface area (Å²) in [5.41, 5.74) is 0. The van der Waals surface area contributed by atoms with Gasteiger partial charge in [0.05, 0.1) is 13.1 Å². The van der Waals surface area contributed by atoms with Crippen LogP contribution in [0.4, 0.5) is 0 Å². The Morgan fingerprint density at radius 3 is 1.09 bits per heavy atom. The monoisotopic (exact) mass is 312 g/mol. The van der Waals surface area contributed by atoms with Gasteiger partial charge in [0.1, 0.15) is 12.6 Å². The molecule has 128 valence electrons. The van der Waals surface area contributed by atoms with E-state index in [4.69, 9.17) is 0 Å². The number of likely N-dealkylation sites (N-methyl/N-ethyl adjacent to an activating group) is 2. The Morgan fingerprint density at radius 2 is 0.864 bits per heavy atom. The number of hydrogen-bond acceptors (Lipinski definition) is 6. The SMILES string of the molecule is CCN1CCN(CC)CCN(CC=O)CCN(CC=O)CC1. The summed E-state index contributed by atoms with van der Waals surface area (Å²) in [7, 11) is 0. The Balaban J connectivity index is 2.66. The fourth-order valence-electron chi connectivity index (χ4n) is 2.79. The van der Waals surface area contributed by atoms with E-state index in [-0.39, 0.29) is 0 Å². The van der Waals surface area contributed by atoms with E-state index >= 15 is 0 Å². The van der Waals surface area contributed by atoms with Crippen LogP contribution in [0.25, 0.3) is 0 Å². The van der Waals surface area contributed by atoms with Crippen molar-refractivity contribution >= 4 is 12.6 Å². The van der Waals surface area contributed by atoms with Gasteiger partial charge in [-0.2, -0.15) is 0 Å². The van der Waals surface area contributed by atoms with Crippen molar-refractivity contribution in [2.45, 2.75) is 13.8 Å². The molecule has 0 bridgehead atoms. The molecular weight excluding hydrogens is 280 g/mol. The molecule has 0 aliphatic carbocycles. The molecule has 0 aromatic carbocycles. The molecule has 0 atom stereocenters. The molecule has 6 nitrogen and oxygen atoms in total. The van der Waals surface area contributed by atoms with Gasteiger partial charge in [-0.15, -0.1) is 0 Å². The molecule has 1 rings (SSSR count). The highest BCUT2D eigenvalue weighted by molar-refractivity contribution is 5.52. The third-order valence-electron chi connectivity index (χ3n) is 4.49. The standard InChI is InChI=1S/C16H32N4O2/c1-3-17-5-6-18(4-2)8-10-20(14-16-22)12-11-19(9-7-17)13-15-21/h15-16H,3-14H2,1-2H3. The van der Waals surface area contributed by atoms with Crippen molar-refractivity contribution in [3.63, 3.8) is 0 Å². The lowest BCUT2D eigenvalue weighted by Gasteiger charge is -2.32. The van der Waals surface area contributed by atoms with Crippen molar-refractivity contribution in [3.05, 3.63) is 0 Å². The van der Waals surface area contributed by atoms with E-state index < -0.39 is 0 Å². The minimum atomic E-state index is 0.480. The Morgan fingerprint density at radius 1 is 0.591 bits per heavy atom. The lowest BCUT2D eigenvalue weighted by molar-refractivity contribution is -0.110. The fourth-order valence-corrected chi connectivity index (χ4v) is 2.79. The summed E-state index contributed by atoms with van der Waals surface area (Å²) in [6, 6.07) is 0. The predicted molar refractivity (Wildman–Crippen MR) is 89.2 cm³/mol. The minimum absolute atomic E-state index is 0.480. The maximum absolute atomic E-state index is 10.9. The number of carbonyl (C=O) groups excluding carboxylic acids is 2. The summed E-state index contributed by atoms with van der Waals surface area (Å²) < 4.78 is 0. The van der Waals surface area contributed by atoms with Gasteiger partial charge in [-0.25, -0.2) is 0 Å². The zero-order chi connectivity index (χ0) is 16.2. The Kier molecular flexibility index (Phi) is 10.2. The van der Waals surface area contributed by atoms with Crippen LogP contribution in [-0.2, 0) is 9.59 Å². The van der Waals surface area contributed by atoms with E-state index in [0.717, 1.165) is 78.0 Å². The van der Waals surface area contributed by atoms with Crippen molar-refractivity contribution in [2.24, 2.45) is 0 Å². The summed E-state index contributed by atoms with van der Waals surface area (Å²) in [6.45, 7) is 15.1. The number of rotatable bonds is 6. The number of hydrogen-bond donors (Lipinski definition) is 0. The Labute approximate surface area is 135 Å². The van der Waals surface area contributed by atoms with Gasteiger partial charge in [0.25, 0.3) is 0 Å². The maximum atomic E-state index is 10.9. The van der Waals surface area contributed by atoms with Gasteiger partial charge in [-0.3, -0.25) is 9.80 Å². The molecule has 1 aliphatic rings. The topological polar surface area (TPSA) is 47.1 Å². The predicted octanol–water partition coefficient (Wildman–Crippen LogP) is -0.354. The van der Waals surface area contributed by atoms with E-state index in [1.807, 2.05) is 0 Å². The molecule has 0 aromatic heterocycles. The molecule has 0 unspecified atom stereocenters. The molecule has 22 heavy (non-hydrogen) atoms. The third-order valence-corrected chi connectivity index (χ3v) is 4.49. The van der Waals surface area contributed by atoms with Gasteiger partial charge in [0.2, 0.25) is 0 Å². The summed E-state index contributed by atoms with van der Waals surface area (Å²) >= 11 is 0. The van der Waals surface area contributed by atoms with Gasteiger partial charge in [0, 0.05) is 52.4 Å². The summed E-state index contributed by atoms with van der Waals surface area (Å²) in [4.78, 5) is 31.0. The Hall–Kier alpha value is -0.820. The lowest BCUT2D eigenvalue weighted by Crippen LogP contribution is -2.46. The van der Waals surface area contributed by atoms with Gasteiger partial charge in [-0.1, -0.05) is 13.8 Å². The molecule has 1 heterocycles. The average molecular weight is 312 g/mol. The van der Waals surface area contributed by atoms with Crippen LogP contribution in [0.5, 0.6) is 0 Å². The highest BCUT2D eigenvalue weighted by atomic mass is 16.1. The second kappa shape index (κ2) is 11.7. The highest BCUT2D eigenvalue weighted by Crippen LogP contribution is 1.99. The molecule has 0 spiro atoms. The normalized spacial score (nSPS) is 21.9. The third kappa shape index (κ3) is 7.45. The van der Waals surface area contributed by atoms with Gasteiger partial charge in [-0.05, 0) is 13.1 Å². The zero-order valence-corrected chi connectivity index (χ0v) is 14.2. The molecule has 0 aromatic rings. The zero-order valence-electron chi connectivity index (χ0n) is 14.2. The second-order valence-electron chi connectivity index (χ2n) is 5.80. The molecule has 1 saturated heterocycles. The van der Waals surface area contributed by atoms with Crippen LogP contribution in [0, 0.1) is 0 Å². The minimum Gasteiger partial charge on any atom is -0.302 e. The van der Waals surface area contributed by atoms with Crippen LogP contribution in [0.2, 0.25) is 0 Å². The molecule has 0 amide bonds. The smallest absolute Gasteiger partial charge is 0.133 e. The van der Waals surface area contributed by atoms with Crippen LogP contribution < -0.4 is 0 Å². The second-order valence-corrected chi connectivity index (χ2v) is 5.80. The van der Waals surface area contributed by atoms with E-state index in [2.05, 4.69) is 33.4 Å². The molecule has 1 fully saturated rings. The van der Waals surface area contributed by atoms with Gasteiger partial charge < -0.3 is 19.4 Å². The molecule has 1 aliphatic heterocycles. The summed E-state index contributed by atoms with van der Waals surface area (Å²) in [5, 5.41) is 0. The molecule has 6 heteroatoms. The highest BCUT2D eigenvalue weighted by Gasteiger charge is 2.14. The molecule has 0 radical (unpaired) electrons. The van der Waals surface area contributed by atoms with Crippen molar-refractivity contribution in [2.75, 3.05) is 78.5 Å². The first-order valence-corrected chi connectivity index (χ1v) is 8.50. The van der Waals surface area contributed by atoms with Crippen molar-refractivity contribution in [1.82, 2.24) is 19.6 Å². The first-order valence-electron chi connectivity index (χ1n) is 8.50. The fraction of sp³-hybridized carbons (Fsp3) is 0.875. The number of carbonyl (C=O) groups is 2. The number of aldehydes is 2. The summed E-state index contributed by atoms with van der Waals surface area (Å²) in [5.74, 6) is 0. The van der Waals surface area contributed by atoms with Crippen molar-refractivity contribution in [3.8, 4) is 0 Å². The van der Waals surface area contributed by atoms with Crippen LogP contribution in [0.15, 0.2) is 0 Å². The van der Waals surface area contributed by atoms with Crippen molar-refractivity contribution < 1.29 is 9.59 Å². The lowest BCUT2D eigenvalue weighted by atomic mass is 10.3. The largest absolute Gasteiger partial charge is 0.302 e. The summed E-state index contributed by atoms with van der Waals surface area (Å²) in [6.07, 6.45) is 1.95. The van der Waals surface area contributed by atoms with Gasteiger partial charge in [0.15, 0.2) is 0 Å². The molecule has 0 saturated carbocycles. The van der Waals surface area contributed by atoms with Crippen LogP contribution in [0.1, 0.15) is 13.8 Å². The quantitative estimate of drug-likeness (QED) is 0.625. The van der Waals surface area contributed by atoms with E-state index in [9.17, 15) is 9.59 Å². The first kappa shape index (κ1) is 19.2. The van der Waals surface area contributed by atoms with Crippen LogP contribution in [0.3, 0.4) is 0 Å². The van der Waals surface area contributed by atoms with E-state index in [1.54, 1.807) is 0 Å². The molecular formula is C16H32N4O2. The maximum Gasteiger partial charge on any atom is 0.133 e. The van der Waals surface area contributed by atoms with Gasteiger partial charge >= 0.3 is 0 Å². The van der Waals surface area contributed by atoms with E-state index in [1.165, 1.54) is 0 Å². The van der Waals surface area contributed by atoms with Crippen LogP contribution in [-0.4, -0.2) is 111 Å².